The van der Waals surface area contributed by atoms with Crippen LogP contribution in [0.15, 0.2) is 59.4 Å². The van der Waals surface area contributed by atoms with Crippen LogP contribution in [0.25, 0.3) is 15.5 Å². The minimum atomic E-state index is -0.317. The fraction of sp³-hybridized carbons (Fsp3) is 0.182. The molecule has 0 aliphatic carbocycles. The third-order valence-corrected chi connectivity index (χ3v) is 5.51. The topological polar surface area (TPSA) is 94.8 Å². The molecule has 2 aromatic heterocycles. The van der Waals surface area contributed by atoms with Gasteiger partial charge in [0.15, 0.2) is 6.61 Å². The molecule has 9 heteroatoms. The average Bonchev–Trinajstić information content (AvgIpc) is 3.21. The zero-order chi connectivity index (χ0) is 21.8. The Morgan fingerprint density at radius 3 is 2.61 bits per heavy atom. The molecule has 158 valence electrons. The number of ether oxygens (including phenoxy) is 2. The molecule has 0 radical (unpaired) electrons. The number of carbonyl (C=O) groups excluding carboxylic acids is 1. The summed E-state index contributed by atoms with van der Waals surface area (Å²) in [6.07, 6.45) is 0. The Morgan fingerprint density at radius 2 is 1.87 bits per heavy atom. The van der Waals surface area contributed by atoms with Crippen molar-refractivity contribution >= 4 is 22.2 Å². The summed E-state index contributed by atoms with van der Waals surface area (Å²) in [6, 6.07) is 16.2. The molecule has 0 aliphatic rings. The van der Waals surface area contributed by atoms with Crippen molar-refractivity contribution < 1.29 is 14.3 Å². The lowest BCUT2D eigenvalue weighted by atomic mass is 10.1. The zero-order valence-electron chi connectivity index (χ0n) is 17.0. The maximum absolute atomic E-state index is 12.5. The summed E-state index contributed by atoms with van der Waals surface area (Å²) in [4.78, 5) is 29.5. The first-order valence-corrected chi connectivity index (χ1v) is 10.3. The third kappa shape index (κ3) is 4.72. The SMILES string of the molecule is COc1ccc(OCC(=O)NCc2cc(=O)n3nc(-c4ccccc4C)sc3n2)cc1. The highest BCUT2D eigenvalue weighted by molar-refractivity contribution is 7.19. The molecule has 1 N–H and O–H groups in total. The van der Waals surface area contributed by atoms with Gasteiger partial charge in [-0.05, 0) is 36.8 Å². The van der Waals surface area contributed by atoms with E-state index in [9.17, 15) is 9.59 Å². The first kappa shape index (κ1) is 20.5. The summed E-state index contributed by atoms with van der Waals surface area (Å²) in [7, 11) is 1.58. The molecule has 0 spiro atoms. The number of nitrogens with one attached hydrogen (secondary N) is 1. The van der Waals surface area contributed by atoms with E-state index in [1.807, 2.05) is 31.2 Å². The van der Waals surface area contributed by atoms with Gasteiger partial charge in [0, 0.05) is 11.6 Å². The van der Waals surface area contributed by atoms with Crippen molar-refractivity contribution in [2.45, 2.75) is 13.5 Å². The fourth-order valence-corrected chi connectivity index (χ4v) is 3.94. The van der Waals surface area contributed by atoms with Crippen molar-refractivity contribution in [3.63, 3.8) is 0 Å². The van der Waals surface area contributed by atoms with Crippen LogP contribution in [0.5, 0.6) is 11.5 Å². The second-order valence-corrected chi connectivity index (χ2v) is 7.70. The maximum Gasteiger partial charge on any atom is 0.275 e. The minimum Gasteiger partial charge on any atom is -0.497 e. The highest BCUT2D eigenvalue weighted by Crippen LogP contribution is 2.26. The number of methoxy groups -OCH3 is 1. The molecule has 0 atom stereocenters. The quantitative estimate of drug-likeness (QED) is 0.479. The zero-order valence-corrected chi connectivity index (χ0v) is 17.8. The van der Waals surface area contributed by atoms with E-state index in [2.05, 4.69) is 15.4 Å². The highest BCUT2D eigenvalue weighted by Gasteiger charge is 2.12. The van der Waals surface area contributed by atoms with E-state index in [1.165, 1.54) is 21.9 Å². The minimum absolute atomic E-state index is 0.119. The third-order valence-electron chi connectivity index (χ3n) is 4.57. The molecule has 4 aromatic rings. The smallest absolute Gasteiger partial charge is 0.275 e. The predicted molar refractivity (Wildman–Crippen MR) is 118 cm³/mol. The summed E-state index contributed by atoms with van der Waals surface area (Å²) >= 11 is 1.33. The van der Waals surface area contributed by atoms with Crippen molar-refractivity contribution in [2.24, 2.45) is 0 Å². The number of fused-ring (bicyclic) bond motifs is 1. The first-order chi connectivity index (χ1) is 15.0. The van der Waals surface area contributed by atoms with Crippen LogP contribution in [-0.4, -0.2) is 34.2 Å². The molecule has 1 amide bonds. The van der Waals surface area contributed by atoms with Gasteiger partial charge >= 0.3 is 0 Å². The molecule has 0 bridgehead atoms. The number of hydrogen-bond acceptors (Lipinski definition) is 7. The molecule has 0 fully saturated rings. The van der Waals surface area contributed by atoms with E-state index >= 15 is 0 Å². The standard InChI is InChI=1S/C22H20N4O4S/c1-14-5-3-4-6-18(14)21-25-26-20(28)11-15(24-22(26)31-21)12-23-19(27)13-30-17-9-7-16(29-2)8-10-17/h3-11H,12-13H2,1-2H3,(H,23,27). The summed E-state index contributed by atoms with van der Waals surface area (Å²) in [5, 5.41) is 7.83. The van der Waals surface area contributed by atoms with E-state index < -0.39 is 0 Å². The van der Waals surface area contributed by atoms with E-state index in [0.717, 1.165) is 16.1 Å². The lowest BCUT2D eigenvalue weighted by Crippen LogP contribution is -2.29. The number of benzene rings is 2. The van der Waals surface area contributed by atoms with Gasteiger partial charge in [-0.15, -0.1) is 0 Å². The lowest BCUT2D eigenvalue weighted by Gasteiger charge is -2.08. The van der Waals surface area contributed by atoms with Gasteiger partial charge in [0.05, 0.1) is 19.3 Å². The molecule has 0 saturated carbocycles. The second-order valence-electron chi connectivity index (χ2n) is 6.74. The lowest BCUT2D eigenvalue weighted by molar-refractivity contribution is -0.123. The van der Waals surface area contributed by atoms with Crippen LogP contribution in [0, 0.1) is 6.92 Å². The fourth-order valence-electron chi connectivity index (χ4n) is 2.93. The normalized spacial score (nSPS) is 10.8. The monoisotopic (exact) mass is 436 g/mol. The number of aryl methyl sites for hydroxylation is 1. The van der Waals surface area contributed by atoms with Gasteiger partial charge in [0.2, 0.25) is 4.96 Å². The highest BCUT2D eigenvalue weighted by atomic mass is 32.1. The van der Waals surface area contributed by atoms with Crippen LogP contribution in [-0.2, 0) is 11.3 Å². The van der Waals surface area contributed by atoms with E-state index in [1.54, 1.807) is 31.4 Å². The molecule has 8 nitrogen and oxygen atoms in total. The number of aromatic nitrogens is 3. The number of nitrogens with zero attached hydrogens (tertiary/aromatic N) is 3. The molecule has 0 saturated heterocycles. The van der Waals surface area contributed by atoms with Crippen LogP contribution in [0.1, 0.15) is 11.3 Å². The Kier molecular flexibility index (Phi) is 5.94. The van der Waals surface area contributed by atoms with Crippen molar-refractivity contribution in [3.05, 3.63) is 76.2 Å². The average molecular weight is 436 g/mol. The molecule has 0 unspecified atom stereocenters. The van der Waals surface area contributed by atoms with Gasteiger partial charge in [-0.25, -0.2) is 4.98 Å². The number of hydrogen-bond donors (Lipinski definition) is 1. The van der Waals surface area contributed by atoms with Crippen LogP contribution in [0.2, 0.25) is 0 Å². The van der Waals surface area contributed by atoms with E-state index in [0.29, 0.717) is 22.2 Å². The van der Waals surface area contributed by atoms with Crippen molar-refractivity contribution in [3.8, 4) is 22.1 Å². The van der Waals surface area contributed by atoms with E-state index in [-0.39, 0.29) is 24.6 Å². The summed E-state index contributed by atoms with van der Waals surface area (Å²) in [5.74, 6) is 0.947. The first-order valence-electron chi connectivity index (χ1n) is 9.53. The molecule has 2 heterocycles. The Labute approximate surface area is 182 Å². The van der Waals surface area contributed by atoms with Gasteiger partial charge in [0.25, 0.3) is 11.5 Å². The molecule has 0 aliphatic heterocycles. The molecular weight excluding hydrogens is 416 g/mol. The van der Waals surface area contributed by atoms with Crippen molar-refractivity contribution in [1.82, 2.24) is 19.9 Å². The summed E-state index contributed by atoms with van der Waals surface area (Å²) in [5.41, 5.74) is 2.20. The Hall–Kier alpha value is -3.72. The van der Waals surface area contributed by atoms with Gasteiger partial charge in [-0.2, -0.15) is 9.61 Å². The summed E-state index contributed by atoms with van der Waals surface area (Å²) in [6.45, 7) is 1.96. The second kappa shape index (κ2) is 8.97. The summed E-state index contributed by atoms with van der Waals surface area (Å²) < 4.78 is 11.8. The van der Waals surface area contributed by atoms with Crippen molar-refractivity contribution in [1.29, 1.82) is 0 Å². The Morgan fingerprint density at radius 1 is 1.13 bits per heavy atom. The van der Waals surface area contributed by atoms with Crippen LogP contribution in [0.3, 0.4) is 0 Å². The molecular formula is C22H20N4O4S. The Bertz CT molecular complexity index is 1280. The predicted octanol–water partition coefficient (Wildman–Crippen LogP) is 2.83. The number of amides is 1. The van der Waals surface area contributed by atoms with E-state index in [4.69, 9.17) is 9.47 Å². The molecule has 2 aromatic carbocycles. The van der Waals surface area contributed by atoms with Gasteiger partial charge < -0.3 is 14.8 Å². The van der Waals surface area contributed by atoms with Crippen LogP contribution < -0.4 is 20.3 Å². The number of carbonyl (C=O) groups is 1. The molecule has 31 heavy (non-hydrogen) atoms. The largest absolute Gasteiger partial charge is 0.497 e. The number of rotatable bonds is 7. The van der Waals surface area contributed by atoms with Crippen LogP contribution >= 0.6 is 11.3 Å². The van der Waals surface area contributed by atoms with Gasteiger partial charge in [-0.1, -0.05) is 35.6 Å². The van der Waals surface area contributed by atoms with Crippen LogP contribution in [0.4, 0.5) is 0 Å². The van der Waals surface area contributed by atoms with Gasteiger partial charge in [0.1, 0.15) is 16.5 Å². The molecule has 4 rings (SSSR count). The Balaban J connectivity index is 1.42. The maximum atomic E-state index is 12.5. The van der Waals surface area contributed by atoms with Gasteiger partial charge in [-0.3, -0.25) is 9.59 Å². The van der Waals surface area contributed by atoms with Crippen molar-refractivity contribution in [2.75, 3.05) is 13.7 Å².